The second-order valence-corrected chi connectivity index (χ2v) is 10.3. The van der Waals surface area contributed by atoms with Gasteiger partial charge >= 0.3 is 0 Å². The van der Waals surface area contributed by atoms with Gasteiger partial charge in [0, 0.05) is 36.7 Å². The number of fused-ring (bicyclic) bond motifs is 1. The van der Waals surface area contributed by atoms with Gasteiger partial charge in [-0.05, 0) is 68.9 Å². The minimum atomic E-state index is -0.777. The van der Waals surface area contributed by atoms with E-state index in [0.717, 1.165) is 50.0 Å². The highest BCUT2D eigenvalue weighted by Gasteiger charge is 2.36. The molecule has 37 heavy (non-hydrogen) atoms. The Labute approximate surface area is 230 Å². The van der Waals surface area contributed by atoms with Gasteiger partial charge in [0.2, 0.25) is 5.72 Å². The van der Waals surface area contributed by atoms with Crippen LogP contribution in [0.1, 0.15) is 70.2 Å². The van der Waals surface area contributed by atoms with Crippen molar-refractivity contribution in [3.05, 3.63) is 93.7 Å². The molecule has 198 valence electrons. The van der Waals surface area contributed by atoms with E-state index in [1.54, 1.807) is 0 Å². The third-order valence-corrected chi connectivity index (χ3v) is 7.03. The molecule has 0 aliphatic carbocycles. The van der Waals surface area contributed by atoms with Crippen LogP contribution in [0.25, 0.3) is 12.2 Å². The molecule has 0 fully saturated rings. The molecule has 1 aromatic carbocycles. The number of nitrogens with zero attached hydrogens (tertiary/aromatic N) is 2. The molecule has 0 N–H and O–H groups in total. The summed E-state index contributed by atoms with van der Waals surface area (Å²) in [6.07, 6.45) is 22.9. The van der Waals surface area contributed by atoms with Gasteiger partial charge in [0.25, 0.3) is 0 Å². The Hall–Kier alpha value is -3.04. The summed E-state index contributed by atoms with van der Waals surface area (Å²) in [5.74, 6) is 1.09. The zero-order valence-electron chi connectivity index (χ0n) is 24.0. The zero-order valence-corrected chi connectivity index (χ0v) is 24.8. The first kappa shape index (κ1) is 30.2. The van der Waals surface area contributed by atoms with Crippen LogP contribution >= 0.6 is 11.6 Å². The summed E-state index contributed by atoms with van der Waals surface area (Å²) in [5, 5.41) is 0.765. The van der Waals surface area contributed by atoms with E-state index in [4.69, 9.17) is 21.3 Å². The predicted molar refractivity (Wildman–Crippen MR) is 165 cm³/mol. The molecule has 0 aromatic heterocycles. The molecular formula is C33H43ClN2O. The summed E-state index contributed by atoms with van der Waals surface area (Å²) in [6.45, 7) is 20.6. The fourth-order valence-corrected chi connectivity index (χ4v) is 4.64. The van der Waals surface area contributed by atoms with Crippen LogP contribution in [0.2, 0.25) is 0 Å². The molecule has 1 aromatic rings. The van der Waals surface area contributed by atoms with Crippen molar-refractivity contribution in [1.29, 1.82) is 0 Å². The lowest BCUT2D eigenvalue weighted by Gasteiger charge is -2.42. The number of hydrogen-bond donors (Lipinski definition) is 0. The molecule has 0 saturated heterocycles. The van der Waals surface area contributed by atoms with Gasteiger partial charge in [-0.25, -0.2) is 0 Å². The Morgan fingerprint density at radius 1 is 1.08 bits per heavy atom. The lowest BCUT2D eigenvalue weighted by molar-refractivity contribution is 0.0303. The van der Waals surface area contributed by atoms with Gasteiger partial charge in [-0.15, -0.1) is 6.58 Å². The average Bonchev–Trinajstić information content (AvgIpc) is 2.85. The molecule has 2 rings (SSSR count). The minimum absolute atomic E-state index is 0.285. The summed E-state index contributed by atoms with van der Waals surface area (Å²) >= 11 is 6.49. The van der Waals surface area contributed by atoms with Crippen LogP contribution in [-0.4, -0.2) is 23.9 Å². The van der Waals surface area contributed by atoms with E-state index in [0.29, 0.717) is 6.42 Å². The van der Waals surface area contributed by atoms with Gasteiger partial charge in [-0.1, -0.05) is 80.1 Å². The first-order chi connectivity index (χ1) is 17.5. The van der Waals surface area contributed by atoms with Crippen LogP contribution in [0, 0.1) is 19.8 Å². The fourth-order valence-electron chi connectivity index (χ4n) is 4.41. The van der Waals surface area contributed by atoms with Crippen LogP contribution in [0.15, 0.2) is 76.5 Å². The van der Waals surface area contributed by atoms with Crippen molar-refractivity contribution < 1.29 is 4.74 Å². The van der Waals surface area contributed by atoms with Gasteiger partial charge in [0.15, 0.2) is 5.75 Å². The number of rotatable bonds is 10. The van der Waals surface area contributed by atoms with E-state index in [1.807, 2.05) is 57.5 Å². The lowest BCUT2D eigenvalue weighted by atomic mass is 9.93. The molecule has 0 saturated carbocycles. The van der Waals surface area contributed by atoms with Crippen LogP contribution in [-0.2, 0) is 0 Å². The van der Waals surface area contributed by atoms with Crippen molar-refractivity contribution in [2.75, 3.05) is 7.05 Å². The number of aliphatic imine (C=N–C) groups is 1. The van der Waals surface area contributed by atoms with E-state index in [2.05, 4.69) is 83.4 Å². The molecular weight excluding hydrogens is 476 g/mol. The standard InChI is InChI=1S/C33H43ClN2O/c1-11-14-16-19-28-24(6)29(20-17-15-12-2)32-31(25(28)7)35-22-33(9,37-32)36(10)26(8)30(23(4)5)21-27(34)18-13-3/h11-17,19-23H,3,18H2,1-2,4-10H3/b14-11-,15-12-,19-16-,20-17-,27-21+,30-26-. The third kappa shape index (κ3) is 7.05. The van der Waals surface area contributed by atoms with E-state index in [-0.39, 0.29) is 5.92 Å². The first-order valence-electron chi connectivity index (χ1n) is 12.9. The Morgan fingerprint density at radius 3 is 2.22 bits per heavy atom. The van der Waals surface area contributed by atoms with Crippen molar-refractivity contribution in [3.63, 3.8) is 0 Å². The summed E-state index contributed by atoms with van der Waals surface area (Å²) < 4.78 is 6.85. The van der Waals surface area contributed by atoms with Crippen LogP contribution in [0.3, 0.4) is 0 Å². The number of ether oxygens (including phenoxy) is 1. The number of halogens is 1. The van der Waals surface area contributed by atoms with Crippen LogP contribution in [0.4, 0.5) is 5.69 Å². The van der Waals surface area contributed by atoms with Gasteiger partial charge in [0.1, 0.15) is 5.69 Å². The van der Waals surface area contributed by atoms with Gasteiger partial charge in [0.05, 0.1) is 6.21 Å². The quantitative estimate of drug-likeness (QED) is 0.227. The van der Waals surface area contributed by atoms with Gasteiger partial charge < -0.3 is 9.64 Å². The highest BCUT2D eigenvalue weighted by Crippen LogP contribution is 2.45. The van der Waals surface area contributed by atoms with Crippen molar-refractivity contribution in [1.82, 2.24) is 4.90 Å². The maximum absolute atomic E-state index is 6.85. The molecule has 4 heteroatoms. The lowest BCUT2D eigenvalue weighted by Crippen LogP contribution is -2.50. The van der Waals surface area contributed by atoms with Gasteiger partial charge in [-0.3, -0.25) is 4.99 Å². The second-order valence-electron chi connectivity index (χ2n) is 9.78. The van der Waals surface area contributed by atoms with Crippen molar-refractivity contribution in [3.8, 4) is 5.75 Å². The Morgan fingerprint density at radius 2 is 1.68 bits per heavy atom. The maximum atomic E-state index is 6.85. The molecule has 1 aliphatic heterocycles. The number of hydrogen-bond acceptors (Lipinski definition) is 3. The Kier molecular flexibility index (Phi) is 11.0. The van der Waals surface area contributed by atoms with Gasteiger partial charge in [-0.2, -0.15) is 0 Å². The van der Waals surface area contributed by atoms with E-state index in [1.165, 1.54) is 0 Å². The average molecular weight is 519 g/mol. The highest BCUT2D eigenvalue weighted by molar-refractivity contribution is 6.29. The minimum Gasteiger partial charge on any atom is -0.460 e. The first-order valence-corrected chi connectivity index (χ1v) is 13.3. The molecule has 0 radical (unpaired) electrons. The molecule has 1 heterocycles. The van der Waals surface area contributed by atoms with Crippen LogP contribution < -0.4 is 4.74 Å². The third-order valence-electron chi connectivity index (χ3n) is 6.76. The molecule has 3 nitrogen and oxygen atoms in total. The van der Waals surface area contributed by atoms with Crippen molar-refractivity contribution in [2.24, 2.45) is 10.9 Å². The van der Waals surface area contributed by atoms with Crippen LogP contribution in [0.5, 0.6) is 5.75 Å². The maximum Gasteiger partial charge on any atom is 0.216 e. The normalized spacial score (nSPS) is 18.8. The number of allylic oxidation sites excluding steroid dienone is 11. The summed E-state index contributed by atoms with van der Waals surface area (Å²) in [5.41, 5.74) is 6.80. The largest absolute Gasteiger partial charge is 0.460 e. The SMILES string of the molecule is C=CC/C(Cl)=C\C(=C(/C)N(C)C1(C)C=Nc2c(C)c(/C=C\C=C/C)c(C)c(/C=C\C=C/C)c2O1)C(C)C. The molecule has 1 unspecified atom stereocenters. The summed E-state index contributed by atoms with van der Waals surface area (Å²) in [4.78, 5) is 7.14. The van der Waals surface area contributed by atoms with Crippen molar-refractivity contribution >= 4 is 35.7 Å². The molecule has 0 bridgehead atoms. The number of benzene rings is 1. The summed E-state index contributed by atoms with van der Waals surface area (Å²) in [6, 6.07) is 0. The van der Waals surface area contributed by atoms with E-state index < -0.39 is 5.72 Å². The van der Waals surface area contributed by atoms with E-state index >= 15 is 0 Å². The molecule has 1 aliphatic rings. The molecule has 0 amide bonds. The zero-order chi connectivity index (χ0) is 27.8. The molecule has 1 atom stereocenters. The van der Waals surface area contributed by atoms with E-state index in [9.17, 15) is 0 Å². The fraction of sp³-hybridized carbons (Fsp3) is 0.364. The second kappa shape index (κ2) is 13.5. The monoisotopic (exact) mass is 518 g/mol. The topological polar surface area (TPSA) is 24.8 Å². The molecule has 0 spiro atoms. The highest BCUT2D eigenvalue weighted by atomic mass is 35.5. The van der Waals surface area contributed by atoms with Crippen molar-refractivity contribution in [2.45, 2.75) is 67.5 Å². The summed E-state index contributed by atoms with van der Waals surface area (Å²) in [7, 11) is 2.05. The smallest absolute Gasteiger partial charge is 0.216 e. The Bertz CT molecular complexity index is 1210. The predicted octanol–water partition coefficient (Wildman–Crippen LogP) is 9.85. The Balaban J connectivity index is 2.70.